The second-order valence-corrected chi connectivity index (χ2v) is 6.20. The van der Waals surface area contributed by atoms with Crippen molar-refractivity contribution in [2.24, 2.45) is 0 Å². The maximum Gasteiger partial charge on any atom is 0.197 e. The lowest BCUT2D eigenvalue weighted by molar-refractivity contribution is 0.821. The SMILES string of the molecule is C=Cc1[nH]c2cc3c(=O)c4ccccc4n(CC)c3cc2c(=O)c1C=C. The summed E-state index contributed by atoms with van der Waals surface area (Å²) in [7, 11) is 0. The van der Waals surface area contributed by atoms with E-state index in [9.17, 15) is 9.59 Å². The number of rotatable bonds is 3. The van der Waals surface area contributed by atoms with Crippen molar-refractivity contribution in [1.82, 2.24) is 9.55 Å². The average molecular weight is 342 g/mol. The molecule has 128 valence electrons. The minimum atomic E-state index is -0.117. The Morgan fingerprint density at radius 1 is 0.962 bits per heavy atom. The molecule has 0 unspecified atom stereocenters. The fraction of sp³-hybridized carbons (Fsp3) is 0.0909. The summed E-state index contributed by atoms with van der Waals surface area (Å²) in [4.78, 5) is 29.1. The van der Waals surface area contributed by atoms with E-state index in [0.717, 1.165) is 11.0 Å². The van der Waals surface area contributed by atoms with Crippen LogP contribution in [0.5, 0.6) is 0 Å². The van der Waals surface area contributed by atoms with E-state index in [4.69, 9.17) is 0 Å². The van der Waals surface area contributed by atoms with Gasteiger partial charge in [0.2, 0.25) is 0 Å². The largest absolute Gasteiger partial charge is 0.354 e. The van der Waals surface area contributed by atoms with Crippen molar-refractivity contribution >= 4 is 44.9 Å². The van der Waals surface area contributed by atoms with E-state index in [0.29, 0.717) is 39.5 Å². The number of nitrogens with zero attached hydrogens (tertiary/aromatic N) is 1. The zero-order valence-corrected chi connectivity index (χ0v) is 14.5. The molecule has 0 aliphatic rings. The number of pyridine rings is 2. The highest BCUT2D eigenvalue weighted by molar-refractivity contribution is 6.01. The molecule has 0 fully saturated rings. The normalized spacial score (nSPS) is 11.3. The zero-order chi connectivity index (χ0) is 18.4. The molecule has 4 aromatic rings. The van der Waals surface area contributed by atoms with E-state index in [1.54, 1.807) is 18.2 Å². The number of nitrogens with one attached hydrogen (secondary N) is 1. The molecule has 1 N–H and O–H groups in total. The first-order valence-electron chi connectivity index (χ1n) is 8.50. The molecule has 0 saturated carbocycles. The van der Waals surface area contributed by atoms with Gasteiger partial charge in [0.25, 0.3) is 0 Å². The lowest BCUT2D eigenvalue weighted by Crippen LogP contribution is -2.14. The second-order valence-electron chi connectivity index (χ2n) is 6.20. The van der Waals surface area contributed by atoms with Crippen LogP contribution in [-0.4, -0.2) is 9.55 Å². The summed E-state index contributed by atoms with van der Waals surface area (Å²) in [6, 6.07) is 11.1. The van der Waals surface area contributed by atoms with Crippen LogP contribution in [0.25, 0.3) is 44.9 Å². The fourth-order valence-electron chi connectivity index (χ4n) is 3.64. The van der Waals surface area contributed by atoms with Gasteiger partial charge in [-0.05, 0) is 37.3 Å². The molecular formula is C22H18N2O2. The quantitative estimate of drug-likeness (QED) is 0.564. The van der Waals surface area contributed by atoms with E-state index in [1.807, 2.05) is 31.2 Å². The van der Waals surface area contributed by atoms with Gasteiger partial charge in [-0.3, -0.25) is 9.59 Å². The standard InChI is InChI=1S/C22H18N2O2/c1-4-13-17(5-2)23-18-11-16-20(12-15(18)21(13)25)24(6-3)19-10-8-7-9-14(19)22(16)26/h4-5,7-12H,1-2,6H2,3H3,(H,23,25). The highest BCUT2D eigenvalue weighted by Gasteiger charge is 2.14. The molecule has 2 aromatic heterocycles. The molecule has 0 atom stereocenters. The van der Waals surface area contributed by atoms with E-state index < -0.39 is 0 Å². The monoisotopic (exact) mass is 342 g/mol. The summed E-state index contributed by atoms with van der Waals surface area (Å²) >= 11 is 0. The third-order valence-electron chi connectivity index (χ3n) is 4.88. The van der Waals surface area contributed by atoms with Crippen LogP contribution >= 0.6 is 0 Å². The maximum absolute atomic E-state index is 13.0. The van der Waals surface area contributed by atoms with Gasteiger partial charge < -0.3 is 9.55 Å². The molecule has 0 aliphatic carbocycles. The number of aromatic nitrogens is 2. The topological polar surface area (TPSA) is 54.9 Å². The third kappa shape index (κ3) is 2.09. The van der Waals surface area contributed by atoms with Gasteiger partial charge >= 0.3 is 0 Å². The molecule has 0 spiro atoms. The van der Waals surface area contributed by atoms with E-state index in [-0.39, 0.29) is 10.9 Å². The molecule has 4 rings (SSSR count). The van der Waals surface area contributed by atoms with E-state index in [1.165, 1.54) is 6.08 Å². The molecule has 0 amide bonds. The Balaban J connectivity index is 2.31. The van der Waals surface area contributed by atoms with Gasteiger partial charge in [0, 0.05) is 34.0 Å². The van der Waals surface area contributed by atoms with Crippen molar-refractivity contribution in [3.05, 3.63) is 81.3 Å². The van der Waals surface area contributed by atoms with Gasteiger partial charge in [0.15, 0.2) is 10.9 Å². The van der Waals surface area contributed by atoms with Gasteiger partial charge in [-0.1, -0.05) is 31.4 Å². The number of H-pyrrole nitrogens is 1. The van der Waals surface area contributed by atoms with Crippen LogP contribution in [0.4, 0.5) is 0 Å². The Bertz CT molecular complexity index is 1340. The summed E-state index contributed by atoms with van der Waals surface area (Å²) in [5.74, 6) is 0. The van der Waals surface area contributed by atoms with Crippen LogP contribution in [-0.2, 0) is 6.54 Å². The van der Waals surface area contributed by atoms with Crippen LogP contribution in [0.3, 0.4) is 0 Å². The van der Waals surface area contributed by atoms with Gasteiger partial charge in [0.1, 0.15) is 0 Å². The van der Waals surface area contributed by atoms with Crippen molar-refractivity contribution in [1.29, 1.82) is 0 Å². The van der Waals surface area contributed by atoms with Crippen molar-refractivity contribution in [2.75, 3.05) is 0 Å². The molecule has 26 heavy (non-hydrogen) atoms. The zero-order valence-electron chi connectivity index (χ0n) is 14.5. The molecule has 0 radical (unpaired) electrons. The molecular weight excluding hydrogens is 324 g/mol. The Morgan fingerprint density at radius 2 is 1.73 bits per heavy atom. The molecule has 4 heteroatoms. The molecule has 0 saturated heterocycles. The van der Waals surface area contributed by atoms with Gasteiger partial charge in [-0.2, -0.15) is 0 Å². The van der Waals surface area contributed by atoms with Crippen LogP contribution in [0.15, 0.2) is 59.1 Å². The summed E-state index contributed by atoms with van der Waals surface area (Å²) in [5, 5.41) is 1.81. The number of aromatic amines is 1. The van der Waals surface area contributed by atoms with Crippen LogP contribution < -0.4 is 10.9 Å². The maximum atomic E-state index is 13.0. The van der Waals surface area contributed by atoms with E-state index in [2.05, 4.69) is 22.7 Å². The first-order chi connectivity index (χ1) is 12.6. The number of hydrogen-bond acceptors (Lipinski definition) is 2. The smallest absolute Gasteiger partial charge is 0.197 e. The van der Waals surface area contributed by atoms with Crippen LogP contribution in [0.1, 0.15) is 18.2 Å². The molecule has 2 aromatic carbocycles. The molecule has 0 aliphatic heterocycles. The van der Waals surface area contributed by atoms with Gasteiger partial charge in [-0.25, -0.2) is 0 Å². The summed E-state index contributed by atoms with van der Waals surface area (Å²) in [6.45, 7) is 10.2. The summed E-state index contributed by atoms with van der Waals surface area (Å²) in [6.07, 6.45) is 3.12. The predicted molar refractivity (Wildman–Crippen MR) is 110 cm³/mol. The molecule has 4 nitrogen and oxygen atoms in total. The number of fused-ring (bicyclic) bond motifs is 3. The van der Waals surface area contributed by atoms with Crippen LogP contribution in [0, 0.1) is 0 Å². The van der Waals surface area contributed by atoms with Crippen molar-refractivity contribution in [3.63, 3.8) is 0 Å². The number of benzene rings is 2. The highest BCUT2D eigenvalue weighted by atomic mass is 16.1. The fourth-order valence-corrected chi connectivity index (χ4v) is 3.64. The Hall–Kier alpha value is -3.40. The van der Waals surface area contributed by atoms with Gasteiger partial charge in [0.05, 0.1) is 16.6 Å². The number of aryl methyl sites for hydroxylation is 1. The third-order valence-corrected chi connectivity index (χ3v) is 4.88. The van der Waals surface area contributed by atoms with Crippen molar-refractivity contribution in [3.8, 4) is 0 Å². The average Bonchev–Trinajstić information content (AvgIpc) is 2.67. The lowest BCUT2D eigenvalue weighted by Gasteiger charge is -2.14. The molecule has 2 heterocycles. The first-order valence-corrected chi connectivity index (χ1v) is 8.50. The van der Waals surface area contributed by atoms with Crippen molar-refractivity contribution < 1.29 is 0 Å². The Kier molecular flexibility index (Phi) is 3.62. The Morgan fingerprint density at radius 3 is 2.42 bits per heavy atom. The predicted octanol–water partition coefficient (Wildman–Crippen LogP) is 4.30. The summed E-state index contributed by atoms with van der Waals surface area (Å²) in [5.41, 5.74) is 3.19. The molecule has 0 bridgehead atoms. The lowest BCUT2D eigenvalue weighted by atomic mass is 10.0. The number of hydrogen-bond donors (Lipinski definition) is 1. The van der Waals surface area contributed by atoms with Crippen LogP contribution in [0.2, 0.25) is 0 Å². The van der Waals surface area contributed by atoms with Gasteiger partial charge in [-0.15, -0.1) is 0 Å². The first kappa shape index (κ1) is 16.1. The minimum absolute atomic E-state index is 0.0315. The Labute approximate surface area is 149 Å². The summed E-state index contributed by atoms with van der Waals surface area (Å²) < 4.78 is 2.07. The second kappa shape index (κ2) is 5.85. The van der Waals surface area contributed by atoms with Crippen molar-refractivity contribution in [2.45, 2.75) is 13.5 Å². The number of para-hydroxylation sites is 1. The minimum Gasteiger partial charge on any atom is -0.354 e. The highest BCUT2D eigenvalue weighted by Crippen LogP contribution is 2.23. The van der Waals surface area contributed by atoms with E-state index >= 15 is 0 Å².